The molecule has 8 aromatic carbocycles. The van der Waals surface area contributed by atoms with E-state index in [9.17, 15) is 0 Å². The van der Waals surface area contributed by atoms with Gasteiger partial charge in [0.15, 0.2) is 0 Å². The van der Waals surface area contributed by atoms with E-state index in [-0.39, 0.29) is 6.85 Å². The number of para-hydroxylation sites is 3. The molecule has 0 bridgehead atoms. The van der Waals surface area contributed by atoms with Crippen LogP contribution >= 0.6 is 0 Å². The van der Waals surface area contributed by atoms with Crippen LogP contribution in [0.5, 0.6) is 0 Å². The van der Waals surface area contributed by atoms with Crippen LogP contribution in [0.25, 0.3) is 60.5 Å². The standard InChI is InChI=1S/C48H29BN2/c1-28-27-34-33-17-12-21-38-46(33)51(40-23-10-8-20-37(40)48(38)35-18-6-4-15-31(35)32-16-5-7-19-36(32)48)49-39-22-9-11-24-41(39)50-42-26-25-29-13-2-3-14-30(29)44(42)43(28)47(50)45(34)49/h2-27H,1H3. The molecule has 1 aliphatic carbocycles. The van der Waals surface area contributed by atoms with Crippen LogP contribution in [0, 0.1) is 6.92 Å². The second-order valence-corrected chi connectivity index (χ2v) is 14.8. The van der Waals surface area contributed by atoms with Gasteiger partial charge in [0.1, 0.15) is 0 Å². The Morgan fingerprint density at radius 2 is 1.16 bits per heavy atom. The van der Waals surface area contributed by atoms with Crippen LogP contribution in [0.1, 0.15) is 27.8 Å². The zero-order valence-corrected chi connectivity index (χ0v) is 28.0. The van der Waals surface area contributed by atoms with Gasteiger partial charge < -0.3 is 9.38 Å². The number of rotatable bonds is 0. The molecule has 1 aromatic heterocycles. The number of aromatic nitrogens is 1. The minimum atomic E-state index is -0.426. The molecule has 0 saturated carbocycles. The second-order valence-electron chi connectivity index (χ2n) is 14.8. The van der Waals surface area contributed by atoms with Gasteiger partial charge in [-0.2, -0.15) is 0 Å². The average molecular weight is 645 g/mol. The average Bonchev–Trinajstić information content (AvgIpc) is 3.70. The Morgan fingerprint density at radius 3 is 1.98 bits per heavy atom. The summed E-state index contributed by atoms with van der Waals surface area (Å²) in [4.78, 5) is 2.73. The summed E-state index contributed by atoms with van der Waals surface area (Å²) in [7, 11) is 0. The molecule has 4 heterocycles. The van der Waals surface area contributed by atoms with Crippen molar-refractivity contribution in [1.82, 2.24) is 4.57 Å². The van der Waals surface area contributed by atoms with Crippen molar-refractivity contribution in [2.45, 2.75) is 12.3 Å². The number of aryl methyl sites for hydroxylation is 1. The van der Waals surface area contributed by atoms with Crippen LogP contribution in [0.15, 0.2) is 158 Å². The number of anilines is 2. The molecule has 0 radical (unpaired) electrons. The predicted molar refractivity (Wildman–Crippen MR) is 213 cm³/mol. The van der Waals surface area contributed by atoms with Gasteiger partial charge >= 0.3 is 6.85 Å². The Bertz CT molecular complexity index is 3030. The predicted octanol–water partition coefficient (Wildman–Crippen LogP) is 10.2. The van der Waals surface area contributed by atoms with Crippen molar-refractivity contribution in [2.75, 3.05) is 4.81 Å². The molecule has 234 valence electrons. The second kappa shape index (κ2) is 8.88. The van der Waals surface area contributed by atoms with Crippen LogP contribution < -0.4 is 15.7 Å². The summed E-state index contributed by atoms with van der Waals surface area (Å²) in [6.07, 6.45) is 0. The third kappa shape index (κ3) is 2.83. The summed E-state index contributed by atoms with van der Waals surface area (Å²) in [5.41, 5.74) is 21.0. The lowest BCUT2D eigenvalue weighted by atomic mass is 9.42. The van der Waals surface area contributed by atoms with E-state index in [4.69, 9.17) is 0 Å². The first-order valence-corrected chi connectivity index (χ1v) is 18.1. The molecule has 9 aromatic rings. The van der Waals surface area contributed by atoms with E-state index in [0.717, 1.165) is 0 Å². The molecule has 2 nitrogen and oxygen atoms in total. The molecule has 0 saturated heterocycles. The van der Waals surface area contributed by atoms with Crippen molar-refractivity contribution >= 4 is 61.7 Å². The molecule has 0 atom stereocenters. The van der Waals surface area contributed by atoms with Gasteiger partial charge in [0.25, 0.3) is 0 Å². The molecule has 3 aliphatic heterocycles. The first-order valence-electron chi connectivity index (χ1n) is 18.1. The highest BCUT2D eigenvalue weighted by Crippen LogP contribution is 2.64. The van der Waals surface area contributed by atoms with Crippen LogP contribution in [-0.2, 0) is 5.41 Å². The molecule has 13 rings (SSSR count). The Hall–Kier alpha value is -6.32. The molecule has 1 spiro atoms. The number of fused-ring (bicyclic) bond motifs is 19. The van der Waals surface area contributed by atoms with Crippen molar-refractivity contribution in [3.05, 3.63) is 186 Å². The fourth-order valence-electron chi connectivity index (χ4n) is 11.0. The van der Waals surface area contributed by atoms with Crippen molar-refractivity contribution in [1.29, 1.82) is 0 Å². The fourth-order valence-corrected chi connectivity index (χ4v) is 11.0. The summed E-state index contributed by atoms with van der Waals surface area (Å²) in [6.45, 7) is 2.35. The maximum Gasteiger partial charge on any atom is 0.333 e. The smallest absolute Gasteiger partial charge is 0.333 e. The number of hydrogen-bond acceptors (Lipinski definition) is 1. The molecule has 0 N–H and O–H groups in total. The van der Waals surface area contributed by atoms with E-state index < -0.39 is 5.41 Å². The van der Waals surface area contributed by atoms with Gasteiger partial charge in [0.05, 0.1) is 16.4 Å². The summed E-state index contributed by atoms with van der Waals surface area (Å²) in [5.74, 6) is 0. The van der Waals surface area contributed by atoms with Crippen molar-refractivity contribution in [3.8, 4) is 27.9 Å². The molecule has 0 fully saturated rings. The zero-order valence-electron chi connectivity index (χ0n) is 28.0. The van der Waals surface area contributed by atoms with E-state index in [2.05, 4.69) is 174 Å². The summed E-state index contributed by atoms with van der Waals surface area (Å²) < 4.78 is 2.59. The normalized spacial score (nSPS) is 14.8. The topological polar surface area (TPSA) is 8.17 Å². The highest BCUT2D eigenvalue weighted by atomic mass is 15.1. The Kier molecular flexibility index (Phi) is 4.62. The zero-order chi connectivity index (χ0) is 33.2. The largest absolute Gasteiger partial charge is 0.376 e. The lowest BCUT2D eigenvalue weighted by Crippen LogP contribution is -2.62. The van der Waals surface area contributed by atoms with E-state index in [1.54, 1.807) is 0 Å². The fraction of sp³-hybridized carbons (Fsp3) is 0.0417. The first-order chi connectivity index (χ1) is 25.3. The van der Waals surface area contributed by atoms with Gasteiger partial charge in [-0.3, -0.25) is 0 Å². The lowest BCUT2D eigenvalue weighted by molar-refractivity contribution is 0.756. The van der Waals surface area contributed by atoms with Gasteiger partial charge in [-0.15, -0.1) is 0 Å². The van der Waals surface area contributed by atoms with Gasteiger partial charge in [-0.05, 0) is 91.3 Å². The summed E-state index contributed by atoms with van der Waals surface area (Å²) in [6, 6.07) is 59.9. The van der Waals surface area contributed by atoms with Crippen LogP contribution in [-0.4, -0.2) is 11.4 Å². The molecule has 0 unspecified atom stereocenters. The molecular formula is C48H29BN2. The molecule has 3 heteroatoms. The minimum absolute atomic E-state index is 0.0152. The third-order valence-electron chi connectivity index (χ3n) is 12.7. The molecule has 4 aliphatic rings. The quantitative estimate of drug-likeness (QED) is 0.149. The number of nitrogens with zero attached hydrogens (tertiary/aromatic N) is 2. The van der Waals surface area contributed by atoms with E-state index in [1.807, 2.05) is 0 Å². The van der Waals surface area contributed by atoms with Crippen molar-refractivity contribution in [3.63, 3.8) is 0 Å². The van der Waals surface area contributed by atoms with E-state index >= 15 is 0 Å². The SMILES string of the molecule is Cc1cc2c3c4c1c1c5ccccc5ccc1n4-c1ccccc1B3N1c3ccccc3C3(c4ccccc4-c4ccccc43)c3cccc-2c31. The monoisotopic (exact) mass is 644 g/mol. The van der Waals surface area contributed by atoms with Gasteiger partial charge in [-0.25, -0.2) is 0 Å². The Labute approximate surface area is 295 Å². The van der Waals surface area contributed by atoms with Gasteiger partial charge in [-0.1, -0.05) is 140 Å². The molecular weight excluding hydrogens is 615 g/mol. The van der Waals surface area contributed by atoms with Crippen LogP contribution in [0.2, 0.25) is 0 Å². The number of hydrogen-bond donors (Lipinski definition) is 0. The van der Waals surface area contributed by atoms with Gasteiger partial charge in [0.2, 0.25) is 0 Å². The lowest BCUT2D eigenvalue weighted by Gasteiger charge is -2.51. The van der Waals surface area contributed by atoms with Crippen LogP contribution in [0.3, 0.4) is 0 Å². The van der Waals surface area contributed by atoms with Crippen molar-refractivity contribution in [2.24, 2.45) is 0 Å². The Balaban J connectivity index is 1.26. The minimum Gasteiger partial charge on any atom is -0.376 e. The maximum absolute atomic E-state index is 2.73. The highest BCUT2D eigenvalue weighted by Gasteiger charge is 2.55. The van der Waals surface area contributed by atoms with Crippen molar-refractivity contribution < 1.29 is 0 Å². The first kappa shape index (κ1) is 26.5. The Morgan fingerprint density at radius 1 is 0.510 bits per heavy atom. The van der Waals surface area contributed by atoms with Gasteiger partial charge in [0, 0.05) is 33.4 Å². The maximum atomic E-state index is 2.73. The summed E-state index contributed by atoms with van der Waals surface area (Å²) >= 11 is 0. The van der Waals surface area contributed by atoms with Crippen LogP contribution in [0.4, 0.5) is 11.4 Å². The molecule has 0 amide bonds. The highest BCUT2D eigenvalue weighted by molar-refractivity contribution is 6.94. The van der Waals surface area contributed by atoms with E-state index in [1.165, 1.54) is 111 Å². The van der Waals surface area contributed by atoms with E-state index in [0.29, 0.717) is 0 Å². The summed E-state index contributed by atoms with van der Waals surface area (Å²) in [5, 5.41) is 5.34. The number of benzene rings is 8. The third-order valence-corrected chi connectivity index (χ3v) is 12.7. The molecule has 51 heavy (non-hydrogen) atoms.